The molecule has 3 aromatic rings. The molecule has 0 saturated carbocycles. The highest BCUT2D eigenvalue weighted by molar-refractivity contribution is 9.10. The van der Waals surface area contributed by atoms with Crippen molar-refractivity contribution in [3.8, 4) is 11.6 Å². The number of pyridine rings is 2. The number of ether oxygens (including phenoxy) is 1. The molecule has 120 valence electrons. The van der Waals surface area contributed by atoms with Crippen LogP contribution in [0.3, 0.4) is 0 Å². The SMILES string of the molecule is Cc1cc(NC(=O)c2ccc(Oc3ccc(Br)cc3)nc2)ccn1. The molecule has 0 atom stereocenters. The second-order valence-electron chi connectivity index (χ2n) is 5.08. The van der Waals surface area contributed by atoms with Gasteiger partial charge in [0.25, 0.3) is 5.91 Å². The van der Waals surface area contributed by atoms with Crippen molar-refractivity contribution in [3.05, 3.63) is 76.7 Å². The van der Waals surface area contributed by atoms with Crippen molar-refractivity contribution in [3.63, 3.8) is 0 Å². The number of aromatic nitrogens is 2. The fourth-order valence-electron chi connectivity index (χ4n) is 2.02. The summed E-state index contributed by atoms with van der Waals surface area (Å²) in [4.78, 5) is 20.5. The molecule has 0 aliphatic heterocycles. The van der Waals surface area contributed by atoms with Crippen LogP contribution in [0, 0.1) is 6.92 Å². The zero-order valence-corrected chi connectivity index (χ0v) is 14.4. The molecule has 0 fully saturated rings. The lowest BCUT2D eigenvalue weighted by atomic mass is 10.2. The number of amides is 1. The van der Waals surface area contributed by atoms with Gasteiger partial charge in [0.15, 0.2) is 0 Å². The number of hydrogen-bond donors (Lipinski definition) is 1. The number of carbonyl (C=O) groups excluding carboxylic acids is 1. The highest BCUT2D eigenvalue weighted by Crippen LogP contribution is 2.22. The predicted molar refractivity (Wildman–Crippen MR) is 95.4 cm³/mol. The average molecular weight is 384 g/mol. The standard InChI is InChI=1S/C18H14BrN3O2/c1-12-10-15(8-9-20-12)22-18(23)13-2-7-17(21-11-13)24-16-5-3-14(19)4-6-16/h2-11H,1H3,(H,20,22,23). The third-order valence-corrected chi connectivity index (χ3v) is 3.72. The monoisotopic (exact) mass is 383 g/mol. The Kier molecular flexibility index (Phi) is 4.86. The van der Waals surface area contributed by atoms with Crippen LogP contribution in [0.5, 0.6) is 11.6 Å². The molecule has 2 heterocycles. The third-order valence-electron chi connectivity index (χ3n) is 3.19. The van der Waals surface area contributed by atoms with E-state index in [0.29, 0.717) is 22.9 Å². The van der Waals surface area contributed by atoms with Crippen molar-refractivity contribution >= 4 is 27.5 Å². The zero-order valence-electron chi connectivity index (χ0n) is 12.9. The molecule has 6 heteroatoms. The normalized spacial score (nSPS) is 10.2. The second kappa shape index (κ2) is 7.23. The van der Waals surface area contributed by atoms with Gasteiger partial charge in [0.1, 0.15) is 5.75 Å². The average Bonchev–Trinajstić information content (AvgIpc) is 2.57. The van der Waals surface area contributed by atoms with E-state index in [0.717, 1.165) is 10.2 Å². The lowest BCUT2D eigenvalue weighted by Gasteiger charge is -2.07. The summed E-state index contributed by atoms with van der Waals surface area (Å²) in [5.74, 6) is 0.868. The molecule has 0 radical (unpaired) electrons. The molecule has 1 amide bonds. The molecule has 2 aromatic heterocycles. The Balaban J connectivity index is 1.67. The topological polar surface area (TPSA) is 64.1 Å². The Hall–Kier alpha value is -2.73. The van der Waals surface area contributed by atoms with Crippen molar-refractivity contribution in [2.75, 3.05) is 5.32 Å². The van der Waals surface area contributed by atoms with Crippen LogP contribution in [0.15, 0.2) is 65.4 Å². The molecule has 0 saturated heterocycles. The summed E-state index contributed by atoms with van der Waals surface area (Å²) in [5, 5.41) is 2.81. The number of anilines is 1. The molecule has 0 spiro atoms. The summed E-state index contributed by atoms with van der Waals surface area (Å²) < 4.78 is 6.60. The first-order chi connectivity index (χ1) is 11.6. The van der Waals surface area contributed by atoms with Gasteiger partial charge in [0.2, 0.25) is 5.88 Å². The Morgan fingerprint density at radius 1 is 1.08 bits per heavy atom. The molecule has 0 aliphatic carbocycles. The van der Waals surface area contributed by atoms with Crippen LogP contribution in [0.4, 0.5) is 5.69 Å². The van der Waals surface area contributed by atoms with E-state index < -0.39 is 0 Å². The maximum absolute atomic E-state index is 12.2. The summed E-state index contributed by atoms with van der Waals surface area (Å²) in [6, 6.07) is 14.3. The summed E-state index contributed by atoms with van der Waals surface area (Å²) in [5.41, 5.74) is 1.99. The van der Waals surface area contributed by atoms with Gasteiger partial charge in [0.05, 0.1) is 5.56 Å². The van der Waals surface area contributed by atoms with Crippen molar-refractivity contribution in [1.29, 1.82) is 0 Å². The highest BCUT2D eigenvalue weighted by Gasteiger charge is 2.08. The summed E-state index contributed by atoms with van der Waals surface area (Å²) in [6.07, 6.45) is 3.13. The van der Waals surface area contributed by atoms with Gasteiger partial charge in [-0.15, -0.1) is 0 Å². The number of benzene rings is 1. The van der Waals surface area contributed by atoms with E-state index in [-0.39, 0.29) is 5.91 Å². The van der Waals surface area contributed by atoms with E-state index in [9.17, 15) is 4.79 Å². The number of nitrogens with zero attached hydrogens (tertiary/aromatic N) is 2. The molecular weight excluding hydrogens is 370 g/mol. The number of aryl methyl sites for hydroxylation is 1. The minimum Gasteiger partial charge on any atom is -0.439 e. The van der Waals surface area contributed by atoms with Gasteiger partial charge in [0, 0.05) is 34.3 Å². The maximum Gasteiger partial charge on any atom is 0.257 e. The minimum atomic E-state index is -0.233. The lowest BCUT2D eigenvalue weighted by molar-refractivity contribution is 0.102. The van der Waals surface area contributed by atoms with Crippen LogP contribution in [-0.4, -0.2) is 15.9 Å². The zero-order chi connectivity index (χ0) is 16.9. The van der Waals surface area contributed by atoms with Crippen LogP contribution in [0.2, 0.25) is 0 Å². The quantitative estimate of drug-likeness (QED) is 0.715. The minimum absolute atomic E-state index is 0.233. The Morgan fingerprint density at radius 2 is 1.88 bits per heavy atom. The van der Waals surface area contributed by atoms with Crippen molar-refractivity contribution in [2.24, 2.45) is 0 Å². The molecule has 24 heavy (non-hydrogen) atoms. The maximum atomic E-state index is 12.2. The van der Waals surface area contributed by atoms with E-state index in [1.54, 1.807) is 30.5 Å². The fourth-order valence-corrected chi connectivity index (χ4v) is 2.29. The van der Waals surface area contributed by atoms with Gasteiger partial charge in [-0.25, -0.2) is 4.98 Å². The van der Waals surface area contributed by atoms with Crippen LogP contribution in [0.25, 0.3) is 0 Å². The van der Waals surface area contributed by atoms with E-state index >= 15 is 0 Å². The lowest BCUT2D eigenvalue weighted by Crippen LogP contribution is -2.12. The largest absolute Gasteiger partial charge is 0.439 e. The number of carbonyl (C=O) groups is 1. The first-order valence-electron chi connectivity index (χ1n) is 7.24. The van der Waals surface area contributed by atoms with Crippen LogP contribution in [-0.2, 0) is 0 Å². The van der Waals surface area contributed by atoms with Gasteiger partial charge in [-0.05, 0) is 49.4 Å². The second-order valence-corrected chi connectivity index (χ2v) is 6.00. The van der Waals surface area contributed by atoms with Crippen LogP contribution in [0.1, 0.15) is 16.1 Å². The van der Waals surface area contributed by atoms with Crippen molar-refractivity contribution < 1.29 is 9.53 Å². The number of nitrogens with one attached hydrogen (secondary N) is 1. The summed E-state index contributed by atoms with van der Waals surface area (Å²) >= 11 is 3.37. The van der Waals surface area contributed by atoms with Gasteiger partial charge >= 0.3 is 0 Å². The summed E-state index contributed by atoms with van der Waals surface area (Å²) in [7, 11) is 0. The Bertz CT molecular complexity index is 849. The predicted octanol–water partition coefficient (Wildman–Crippen LogP) is 4.59. The molecule has 1 aromatic carbocycles. The Labute approximate surface area is 147 Å². The molecule has 0 unspecified atom stereocenters. The molecule has 0 aliphatic rings. The van der Waals surface area contributed by atoms with E-state index in [1.807, 2.05) is 31.2 Å². The van der Waals surface area contributed by atoms with Crippen LogP contribution >= 0.6 is 15.9 Å². The molecule has 3 rings (SSSR count). The number of halogens is 1. The van der Waals surface area contributed by atoms with E-state index in [2.05, 4.69) is 31.2 Å². The van der Waals surface area contributed by atoms with Gasteiger partial charge in [-0.1, -0.05) is 15.9 Å². The van der Waals surface area contributed by atoms with Crippen molar-refractivity contribution in [1.82, 2.24) is 9.97 Å². The molecular formula is C18H14BrN3O2. The van der Waals surface area contributed by atoms with E-state index in [4.69, 9.17) is 4.74 Å². The highest BCUT2D eigenvalue weighted by atomic mass is 79.9. The van der Waals surface area contributed by atoms with Gasteiger partial charge in [-0.3, -0.25) is 9.78 Å². The van der Waals surface area contributed by atoms with E-state index in [1.165, 1.54) is 6.20 Å². The number of hydrogen-bond acceptors (Lipinski definition) is 4. The van der Waals surface area contributed by atoms with Gasteiger partial charge < -0.3 is 10.1 Å². The van der Waals surface area contributed by atoms with Gasteiger partial charge in [-0.2, -0.15) is 0 Å². The smallest absolute Gasteiger partial charge is 0.257 e. The Morgan fingerprint density at radius 3 is 2.54 bits per heavy atom. The molecule has 5 nitrogen and oxygen atoms in total. The first-order valence-corrected chi connectivity index (χ1v) is 8.03. The number of rotatable bonds is 4. The molecule has 0 bridgehead atoms. The third kappa shape index (κ3) is 4.17. The fraction of sp³-hybridized carbons (Fsp3) is 0.0556. The van der Waals surface area contributed by atoms with Crippen molar-refractivity contribution in [2.45, 2.75) is 6.92 Å². The summed E-state index contributed by atoms with van der Waals surface area (Å²) in [6.45, 7) is 1.87. The molecule has 1 N–H and O–H groups in total. The van der Waals surface area contributed by atoms with Crippen LogP contribution < -0.4 is 10.1 Å². The first kappa shape index (κ1) is 16.1.